The fraction of sp³-hybridized carbons (Fsp3) is 0.294. The van der Waals surface area contributed by atoms with E-state index in [9.17, 15) is 14.4 Å². The standard InChI is InChI=1S/C17H19ClN6O3/c1-21(2)11-7-5-10(6-8-11)19-12(25)9-24-13-14(20-16(24)18)22(3)17(27)23(4)15(13)26/h5-8H,9H2,1-4H3,(H,19,25). The maximum Gasteiger partial charge on any atom is 0.332 e. The second-order valence-corrected chi connectivity index (χ2v) is 6.67. The smallest absolute Gasteiger partial charge is 0.332 e. The fourth-order valence-electron chi connectivity index (χ4n) is 2.75. The third kappa shape index (κ3) is 3.33. The van der Waals surface area contributed by atoms with Crippen LogP contribution < -0.4 is 21.5 Å². The second kappa shape index (κ2) is 6.92. The molecular weight excluding hydrogens is 372 g/mol. The van der Waals surface area contributed by atoms with Gasteiger partial charge in [0.1, 0.15) is 6.54 Å². The zero-order valence-corrected chi connectivity index (χ0v) is 16.1. The first-order chi connectivity index (χ1) is 12.7. The molecule has 3 rings (SSSR count). The van der Waals surface area contributed by atoms with Crippen molar-refractivity contribution in [2.24, 2.45) is 14.1 Å². The Morgan fingerprint density at radius 2 is 1.78 bits per heavy atom. The Morgan fingerprint density at radius 3 is 2.37 bits per heavy atom. The molecule has 1 aromatic carbocycles. The van der Waals surface area contributed by atoms with Crippen LogP contribution in [0.5, 0.6) is 0 Å². The topological polar surface area (TPSA) is 94.2 Å². The minimum absolute atomic E-state index is 0.0404. The van der Waals surface area contributed by atoms with Gasteiger partial charge in [-0.2, -0.15) is 4.98 Å². The lowest BCUT2D eigenvalue weighted by atomic mass is 10.2. The number of carbonyl (C=O) groups is 1. The summed E-state index contributed by atoms with van der Waals surface area (Å²) in [6.07, 6.45) is 0. The third-order valence-corrected chi connectivity index (χ3v) is 4.56. The number of aryl methyl sites for hydroxylation is 1. The number of rotatable bonds is 4. The number of carbonyl (C=O) groups excluding carboxylic acids is 1. The predicted octanol–water partition coefficient (Wildman–Crippen LogP) is 0.792. The summed E-state index contributed by atoms with van der Waals surface area (Å²) in [5.74, 6) is -0.371. The first-order valence-corrected chi connectivity index (χ1v) is 8.47. The van der Waals surface area contributed by atoms with E-state index in [0.717, 1.165) is 10.3 Å². The maximum absolute atomic E-state index is 12.5. The molecule has 0 atom stereocenters. The van der Waals surface area contributed by atoms with Crippen molar-refractivity contribution < 1.29 is 4.79 Å². The third-order valence-electron chi connectivity index (χ3n) is 4.27. The molecule has 2 aromatic heterocycles. The highest BCUT2D eigenvalue weighted by Gasteiger charge is 2.19. The van der Waals surface area contributed by atoms with E-state index in [0.29, 0.717) is 5.69 Å². The van der Waals surface area contributed by atoms with Crippen LogP contribution in [0.25, 0.3) is 11.2 Å². The zero-order chi connectivity index (χ0) is 19.9. The first-order valence-electron chi connectivity index (χ1n) is 8.09. The fourth-order valence-corrected chi connectivity index (χ4v) is 2.98. The molecule has 142 valence electrons. The van der Waals surface area contributed by atoms with E-state index in [2.05, 4.69) is 10.3 Å². The van der Waals surface area contributed by atoms with Gasteiger partial charge in [-0.15, -0.1) is 0 Å². The molecule has 3 aromatic rings. The molecule has 2 heterocycles. The molecule has 1 N–H and O–H groups in total. The predicted molar refractivity (Wildman–Crippen MR) is 105 cm³/mol. The van der Waals surface area contributed by atoms with Crippen LogP contribution >= 0.6 is 11.6 Å². The van der Waals surface area contributed by atoms with Gasteiger partial charge in [0.15, 0.2) is 11.2 Å². The van der Waals surface area contributed by atoms with Crippen molar-refractivity contribution in [3.8, 4) is 0 Å². The SMILES string of the molecule is CN(C)c1ccc(NC(=O)Cn2c(Cl)nc3c2c(=O)n(C)c(=O)n3C)cc1. The monoisotopic (exact) mass is 390 g/mol. The average molecular weight is 391 g/mol. The van der Waals surface area contributed by atoms with Gasteiger partial charge in [0, 0.05) is 39.6 Å². The largest absolute Gasteiger partial charge is 0.378 e. The van der Waals surface area contributed by atoms with Crippen molar-refractivity contribution in [1.82, 2.24) is 18.7 Å². The molecule has 0 aliphatic heterocycles. The number of anilines is 2. The highest BCUT2D eigenvalue weighted by molar-refractivity contribution is 6.29. The van der Waals surface area contributed by atoms with Gasteiger partial charge in [-0.25, -0.2) is 4.79 Å². The van der Waals surface area contributed by atoms with Gasteiger partial charge >= 0.3 is 5.69 Å². The van der Waals surface area contributed by atoms with Gasteiger partial charge in [-0.1, -0.05) is 0 Å². The van der Waals surface area contributed by atoms with E-state index in [1.807, 2.05) is 31.1 Å². The van der Waals surface area contributed by atoms with Crippen LogP contribution in [-0.4, -0.2) is 38.7 Å². The molecule has 0 saturated heterocycles. The molecule has 1 amide bonds. The minimum atomic E-state index is -0.560. The van der Waals surface area contributed by atoms with Gasteiger partial charge in [-0.3, -0.25) is 23.3 Å². The summed E-state index contributed by atoms with van der Waals surface area (Å²) in [5.41, 5.74) is 0.779. The van der Waals surface area contributed by atoms with E-state index < -0.39 is 11.2 Å². The summed E-state index contributed by atoms with van der Waals surface area (Å²) < 4.78 is 3.47. The number of aromatic nitrogens is 4. The number of nitrogens with one attached hydrogen (secondary N) is 1. The number of halogens is 1. The summed E-state index contributed by atoms with van der Waals surface area (Å²) in [6.45, 7) is -0.210. The zero-order valence-electron chi connectivity index (χ0n) is 15.4. The molecule has 0 aliphatic carbocycles. The summed E-state index contributed by atoms with van der Waals surface area (Å²) >= 11 is 6.12. The van der Waals surface area contributed by atoms with Crippen LogP contribution in [0.4, 0.5) is 11.4 Å². The quantitative estimate of drug-likeness (QED) is 0.665. The van der Waals surface area contributed by atoms with Crippen LogP contribution in [0.3, 0.4) is 0 Å². The molecule has 0 saturated carbocycles. The van der Waals surface area contributed by atoms with Crippen molar-refractivity contribution in [2.45, 2.75) is 6.54 Å². The number of hydrogen-bond acceptors (Lipinski definition) is 5. The number of hydrogen-bond donors (Lipinski definition) is 1. The molecule has 0 unspecified atom stereocenters. The van der Waals surface area contributed by atoms with Crippen molar-refractivity contribution in [3.63, 3.8) is 0 Å². The van der Waals surface area contributed by atoms with Gasteiger partial charge in [0.25, 0.3) is 5.56 Å². The van der Waals surface area contributed by atoms with Gasteiger partial charge in [-0.05, 0) is 35.9 Å². The van der Waals surface area contributed by atoms with Crippen LogP contribution in [0.15, 0.2) is 33.9 Å². The molecule has 0 radical (unpaired) electrons. The number of fused-ring (bicyclic) bond motifs is 1. The number of amides is 1. The molecule has 0 bridgehead atoms. The van der Waals surface area contributed by atoms with Crippen molar-refractivity contribution >= 4 is 40.0 Å². The minimum Gasteiger partial charge on any atom is -0.378 e. The molecule has 9 nitrogen and oxygen atoms in total. The van der Waals surface area contributed by atoms with Crippen LogP contribution in [-0.2, 0) is 25.4 Å². The molecule has 10 heteroatoms. The summed E-state index contributed by atoms with van der Waals surface area (Å²) in [7, 11) is 6.70. The summed E-state index contributed by atoms with van der Waals surface area (Å²) in [4.78, 5) is 42.9. The molecule has 0 fully saturated rings. The summed E-state index contributed by atoms with van der Waals surface area (Å²) in [5, 5.41) is 2.72. The van der Waals surface area contributed by atoms with Gasteiger partial charge in [0.05, 0.1) is 0 Å². The Morgan fingerprint density at radius 1 is 1.15 bits per heavy atom. The Balaban J connectivity index is 1.92. The Kier molecular flexibility index (Phi) is 4.79. The van der Waals surface area contributed by atoms with Crippen LogP contribution in [0, 0.1) is 0 Å². The molecule has 27 heavy (non-hydrogen) atoms. The van der Waals surface area contributed by atoms with E-state index in [1.54, 1.807) is 12.1 Å². The number of nitrogens with zero attached hydrogens (tertiary/aromatic N) is 5. The highest BCUT2D eigenvalue weighted by atomic mass is 35.5. The molecular formula is C17H19ClN6O3. The van der Waals surface area contributed by atoms with Crippen molar-refractivity contribution in [1.29, 1.82) is 0 Å². The number of imidazole rings is 1. The van der Waals surface area contributed by atoms with Crippen molar-refractivity contribution in [2.75, 3.05) is 24.3 Å². The Bertz CT molecular complexity index is 1140. The highest BCUT2D eigenvalue weighted by Crippen LogP contribution is 2.18. The lowest BCUT2D eigenvalue weighted by molar-refractivity contribution is -0.116. The molecule has 0 aliphatic rings. The Labute approximate surface area is 159 Å². The van der Waals surface area contributed by atoms with E-state index in [4.69, 9.17) is 11.6 Å². The van der Waals surface area contributed by atoms with E-state index in [1.165, 1.54) is 23.2 Å². The molecule has 0 spiro atoms. The lowest BCUT2D eigenvalue weighted by Gasteiger charge is -2.13. The summed E-state index contributed by atoms with van der Waals surface area (Å²) in [6, 6.07) is 7.31. The second-order valence-electron chi connectivity index (χ2n) is 6.33. The normalized spacial score (nSPS) is 11.0. The Hall–Kier alpha value is -3.07. The van der Waals surface area contributed by atoms with Crippen LogP contribution in [0.1, 0.15) is 0 Å². The first kappa shape index (κ1) is 18.7. The van der Waals surface area contributed by atoms with Gasteiger partial charge < -0.3 is 10.2 Å². The van der Waals surface area contributed by atoms with Gasteiger partial charge in [0.2, 0.25) is 11.2 Å². The van der Waals surface area contributed by atoms with E-state index >= 15 is 0 Å². The van der Waals surface area contributed by atoms with Crippen LogP contribution in [0.2, 0.25) is 5.28 Å². The van der Waals surface area contributed by atoms with Crippen molar-refractivity contribution in [3.05, 3.63) is 50.4 Å². The number of benzene rings is 1. The lowest BCUT2D eigenvalue weighted by Crippen LogP contribution is -2.37. The van der Waals surface area contributed by atoms with E-state index in [-0.39, 0.29) is 28.9 Å². The maximum atomic E-state index is 12.5. The average Bonchev–Trinajstić information content (AvgIpc) is 2.95.